The summed E-state index contributed by atoms with van der Waals surface area (Å²) in [5.74, 6) is 0.0360. The summed E-state index contributed by atoms with van der Waals surface area (Å²) in [6, 6.07) is 6.11. The van der Waals surface area contributed by atoms with Crippen LogP contribution in [0.4, 0.5) is 4.39 Å². The van der Waals surface area contributed by atoms with Gasteiger partial charge in [-0.2, -0.15) is 0 Å². The van der Waals surface area contributed by atoms with Crippen LogP contribution >= 0.6 is 0 Å². The Bertz CT molecular complexity index is 914. The highest BCUT2D eigenvalue weighted by Gasteiger charge is 2.11. The highest BCUT2D eigenvalue weighted by atomic mass is 32.2. The van der Waals surface area contributed by atoms with Crippen LogP contribution in [0.2, 0.25) is 0 Å². The lowest BCUT2D eigenvalue weighted by Gasteiger charge is -2.14. The summed E-state index contributed by atoms with van der Waals surface area (Å²) in [4.78, 5) is 8.23. The zero-order chi connectivity index (χ0) is 19.9. The van der Waals surface area contributed by atoms with Gasteiger partial charge in [0.15, 0.2) is 15.8 Å². The normalized spacial score (nSPS) is 12.1. The van der Waals surface area contributed by atoms with Crippen molar-refractivity contribution in [1.82, 2.24) is 15.6 Å². The Morgan fingerprint density at radius 3 is 2.63 bits per heavy atom. The van der Waals surface area contributed by atoms with Gasteiger partial charge in [-0.05, 0) is 53.8 Å². The molecule has 0 bridgehead atoms. The lowest BCUT2D eigenvalue weighted by atomic mass is 10.1. The second-order valence-corrected chi connectivity index (χ2v) is 8.53. The molecule has 1 heterocycles. The maximum absolute atomic E-state index is 13.6. The molecule has 0 aliphatic carbocycles. The smallest absolute Gasteiger partial charge is 0.191 e. The van der Waals surface area contributed by atoms with E-state index >= 15 is 0 Å². The summed E-state index contributed by atoms with van der Waals surface area (Å²) in [7, 11) is -1.56. The van der Waals surface area contributed by atoms with Gasteiger partial charge >= 0.3 is 0 Å². The van der Waals surface area contributed by atoms with Crippen LogP contribution in [0.3, 0.4) is 0 Å². The molecule has 0 atom stereocenters. The van der Waals surface area contributed by atoms with Crippen LogP contribution in [-0.2, 0) is 28.6 Å². The Morgan fingerprint density at radius 1 is 1.19 bits per heavy atom. The molecule has 27 heavy (non-hydrogen) atoms. The van der Waals surface area contributed by atoms with Crippen LogP contribution in [0, 0.1) is 12.7 Å². The van der Waals surface area contributed by atoms with Crippen molar-refractivity contribution in [2.24, 2.45) is 4.99 Å². The topological polar surface area (TPSA) is 83.4 Å². The van der Waals surface area contributed by atoms with E-state index in [2.05, 4.69) is 20.6 Å². The first-order chi connectivity index (χ1) is 12.8. The first kappa shape index (κ1) is 20.8. The van der Waals surface area contributed by atoms with E-state index in [4.69, 9.17) is 0 Å². The molecule has 1 aromatic heterocycles. The molecule has 0 saturated heterocycles. The fourth-order valence-electron chi connectivity index (χ4n) is 2.68. The fraction of sp³-hybridized carbons (Fsp3) is 0.368. The van der Waals surface area contributed by atoms with Crippen LogP contribution in [0.1, 0.15) is 22.3 Å². The Labute approximate surface area is 159 Å². The number of aromatic nitrogens is 1. The molecule has 0 unspecified atom stereocenters. The molecule has 2 N–H and O–H groups in total. The van der Waals surface area contributed by atoms with Crippen molar-refractivity contribution in [3.05, 3.63) is 64.7 Å². The van der Waals surface area contributed by atoms with E-state index in [1.54, 1.807) is 13.2 Å². The van der Waals surface area contributed by atoms with E-state index in [1.807, 2.05) is 19.2 Å². The largest absolute Gasteiger partial charge is 0.356 e. The first-order valence-electron chi connectivity index (χ1n) is 8.57. The minimum Gasteiger partial charge on any atom is -0.356 e. The zero-order valence-electron chi connectivity index (χ0n) is 15.8. The van der Waals surface area contributed by atoms with Crippen LogP contribution < -0.4 is 10.6 Å². The second kappa shape index (κ2) is 9.45. The molecule has 1 aromatic carbocycles. The molecule has 0 aliphatic rings. The predicted molar refractivity (Wildman–Crippen MR) is 106 cm³/mol. The highest BCUT2D eigenvalue weighted by Crippen LogP contribution is 2.14. The molecule has 8 heteroatoms. The van der Waals surface area contributed by atoms with Crippen molar-refractivity contribution in [1.29, 1.82) is 0 Å². The number of aryl methyl sites for hydroxylation is 1. The third kappa shape index (κ3) is 6.97. The Kier molecular flexibility index (Phi) is 7.29. The van der Waals surface area contributed by atoms with Crippen molar-refractivity contribution in [2.75, 3.05) is 19.8 Å². The van der Waals surface area contributed by atoms with E-state index in [9.17, 15) is 12.8 Å². The van der Waals surface area contributed by atoms with Gasteiger partial charge in [0.25, 0.3) is 0 Å². The van der Waals surface area contributed by atoms with E-state index in [-0.39, 0.29) is 12.3 Å². The number of guanidine groups is 1. The van der Waals surface area contributed by atoms with E-state index in [1.165, 1.54) is 23.8 Å². The average molecular weight is 393 g/mol. The average Bonchev–Trinajstić information content (AvgIpc) is 2.60. The van der Waals surface area contributed by atoms with Crippen molar-refractivity contribution < 1.29 is 12.8 Å². The molecular formula is C19H25FN4O2S. The first-order valence-corrected chi connectivity index (χ1v) is 10.6. The van der Waals surface area contributed by atoms with Crippen molar-refractivity contribution in [3.8, 4) is 0 Å². The van der Waals surface area contributed by atoms with Crippen molar-refractivity contribution in [3.63, 3.8) is 0 Å². The lowest BCUT2D eigenvalue weighted by molar-refractivity contribution is 0.599. The van der Waals surface area contributed by atoms with Crippen LogP contribution in [0.25, 0.3) is 0 Å². The van der Waals surface area contributed by atoms with Gasteiger partial charge < -0.3 is 10.6 Å². The number of nitrogens with zero attached hydrogens (tertiary/aromatic N) is 2. The summed E-state index contributed by atoms with van der Waals surface area (Å²) >= 11 is 0. The number of nitrogens with one attached hydrogen (secondary N) is 2. The van der Waals surface area contributed by atoms with E-state index in [0.717, 1.165) is 18.2 Å². The fourth-order valence-corrected chi connectivity index (χ4v) is 3.53. The molecule has 146 valence electrons. The third-order valence-electron chi connectivity index (χ3n) is 4.08. The lowest BCUT2D eigenvalue weighted by Crippen LogP contribution is -2.38. The van der Waals surface area contributed by atoms with Crippen LogP contribution in [0.15, 0.2) is 41.7 Å². The molecule has 0 radical (unpaired) electrons. The molecule has 0 aliphatic heterocycles. The standard InChI is InChI=1S/C19H25FN4O2S/c1-14-11-22-8-6-15(14)7-9-23-19(21-2)24-12-17-10-18(20)5-4-16(17)13-27(3,25)26/h4-6,8,10-11H,7,9,12-13H2,1-3H3,(H2,21,23,24). The molecule has 0 amide bonds. The summed E-state index contributed by atoms with van der Waals surface area (Å²) in [5, 5.41) is 6.31. The maximum atomic E-state index is 13.6. The number of aliphatic imine (C=N–C) groups is 1. The Morgan fingerprint density at radius 2 is 1.96 bits per heavy atom. The van der Waals surface area contributed by atoms with Crippen LogP contribution in [-0.4, -0.2) is 39.2 Å². The van der Waals surface area contributed by atoms with Gasteiger partial charge in [-0.1, -0.05) is 6.07 Å². The number of hydrogen-bond donors (Lipinski definition) is 2. The number of hydrogen-bond acceptors (Lipinski definition) is 4. The minimum absolute atomic E-state index is 0.127. The van der Waals surface area contributed by atoms with Crippen LogP contribution in [0.5, 0.6) is 0 Å². The quantitative estimate of drug-likeness (QED) is 0.556. The zero-order valence-corrected chi connectivity index (χ0v) is 16.6. The van der Waals surface area contributed by atoms with E-state index in [0.29, 0.717) is 23.6 Å². The highest BCUT2D eigenvalue weighted by molar-refractivity contribution is 7.89. The minimum atomic E-state index is -3.21. The van der Waals surface area contributed by atoms with Gasteiger partial charge in [-0.3, -0.25) is 9.98 Å². The van der Waals surface area contributed by atoms with Gasteiger partial charge in [0.05, 0.1) is 5.75 Å². The van der Waals surface area contributed by atoms with Gasteiger partial charge in [0, 0.05) is 38.8 Å². The number of rotatable bonds is 7. The third-order valence-corrected chi connectivity index (χ3v) is 4.91. The molecule has 0 saturated carbocycles. The summed E-state index contributed by atoms with van der Waals surface area (Å²) < 4.78 is 36.7. The number of benzene rings is 1. The molecular weight excluding hydrogens is 367 g/mol. The summed E-state index contributed by atoms with van der Waals surface area (Å²) in [5.41, 5.74) is 3.50. The van der Waals surface area contributed by atoms with Gasteiger partial charge in [0.2, 0.25) is 0 Å². The SMILES string of the molecule is CN=C(NCCc1ccncc1C)NCc1cc(F)ccc1CS(C)(=O)=O. The molecule has 6 nitrogen and oxygen atoms in total. The summed E-state index contributed by atoms with van der Waals surface area (Å²) in [6.07, 6.45) is 5.57. The molecule has 2 rings (SSSR count). The van der Waals surface area contributed by atoms with E-state index < -0.39 is 15.7 Å². The predicted octanol–water partition coefficient (Wildman–Crippen LogP) is 1.98. The van der Waals surface area contributed by atoms with Gasteiger partial charge in [-0.25, -0.2) is 12.8 Å². The molecule has 0 fully saturated rings. The molecule has 2 aromatic rings. The Balaban J connectivity index is 1.96. The van der Waals surface area contributed by atoms with Crippen molar-refractivity contribution >= 4 is 15.8 Å². The number of sulfone groups is 1. The maximum Gasteiger partial charge on any atom is 0.191 e. The van der Waals surface area contributed by atoms with Gasteiger partial charge in [-0.15, -0.1) is 0 Å². The van der Waals surface area contributed by atoms with Crippen molar-refractivity contribution in [2.45, 2.75) is 25.6 Å². The second-order valence-electron chi connectivity index (χ2n) is 6.39. The molecule has 0 spiro atoms. The number of halogens is 1. The van der Waals surface area contributed by atoms with Gasteiger partial charge in [0.1, 0.15) is 5.82 Å². The Hall–Kier alpha value is -2.48. The summed E-state index contributed by atoms with van der Waals surface area (Å²) in [6.45, 7) is 2.96. The number of pyridine rings is 1. The monoisotopic (exact) mass is 392 g/mol.